The molecule has 3 nitrogen and oxygen atoms in total. The van der Waals surface area contributed by atoms with Gasteiger partial charge in [-0.1, -0.05) is 44.8 Å². The summed E-state index contributed by atoms with van der Waals surface area (Å²) in [5, 5.41) is 0. The predicted octanol–water partition coefficient (Wildman–Crippen LogP) is 4.66. The number of halogens is 1. The molecule has 0 aliphatic heterocycles. The molecule has 0 spiro atoms. The average Bonchev–Trinajstić information content (AvgIpc) is 2.68. The topological polar surface area (TPSA) is 37.9 Å². The quantitative estimate of drug-likeness (QED) is 0.640. The normalized spacial score (nSPS) is 19.1. The second-order valence-corrected chi connectivity index (χ2v) is 6.33. The number of H-pyrrole nitrogens is 1. The molecule has 106 valence electrons. The summed E-state index contributed by atoms with van der Waals surface area (Å²) < 4.78 is 7.43. The van der Waals surface area contributed by atoms with Gasteiger partial charge in [0.25, 0.3) is 0 Å². The molecular formula is C14H21BrN2OS. The first-order valence-electron chi connectivity index (χ1n) is 6.97. The number of aromatic nitrogens is 2. The molecule has 1 N–H and O–H groups in total. The van der Waals surface area contributed by atoms with Gasteiger partial charge in [-0.2, -0.15) is 0 Å². The third-order valence-corrected chi connectivity index (χ3v) is 5.43. The predicted molar refractivity (Wildman–Crippen MR) is 82.9 cm³/mol. The van der Waals surface area contributed by atoms with Crippen molar-refractivity contribution in [2.24, 2.45) is 0 Å². The molecule has 0 saturated heterocycles. The summed E-state index contributed by atoms with van der Waals surface area (Å²) in [5.74, 6) is 0.905. The lowest BCUT2D eigenvalue weighted by atomic mass is 9.93. The molecule has 1 saturated carbocycles. The van der Waals surface area contributed by atoms with Gasteiger partial charge in [0, 0.05) is 12.8 Å². The molecule has 1 aromatic heterocycles. The Bertz CT molecular complexity index is 493. The smallest absolute Gasteiger partial charge is 0.144 e. The summed E-state index contributed by atoms with van der Waals surface area (Å²) >= 11 is 8.88. The number of aryl methyl sites for hydroxylation is 1. The summed E-state index contributed by atoms with van der Waals surface area (Å²) in [5.41, 5.74) is 0.824. The van der Waals surface area contributed by atoms with Crippen LogP contribution in [0.1, 0.15) is 57.0 Å². The van der Waals surface area contributed by atoms with Crippen LogP contribution in [0.4, 0.5) is 0 Å². The zero-order valence-electron chi connectivity index (χ0n) is 11.6. The fraction of sp³-hybridized carbons (Fsp3) is 0.714. The van der Waals surface area contributed by atoms with E-state index in [1.807, 2.05) is 0 Å². The Hall–Kier alpha value is -0.260. The van der Waals surface area contributed by atoms with Gasteiger partial charge in [0.05, 0.1) is 4.47 Å². The summed E-state index contributed by atoms with van der Waals surface area (Å²) in [6, 6.07) is 0. The number of rotatable bonds is 3. The van der Waals surface area contributed by atoms with Gasteiger partial charge in [-0.25, -0.2) is 4.98 Å². The molecule has 0 atom stereocenters. The second kappa shape index (κ2) is 6.46. The van der Waals surface area contributed by atoms with Crippen molar-refractivity contribution in [1.82, 2.24) is 9.97 Å². The van der Waals surface area contributed by atoms with Crippen molar-refractivity contribution in [3.8, 4) is 0 Å². The number of nitrogens with zero attached hydrogens (tertiary/aromatic N) is 1. The molecule has 0 radical (unpaired) electrons. The van der Waals surface area contributed by atoms with Gasteiger partial charge in [-0.05, 0) is 35.2 Å². The Balaban J connectivity index is 2.48. The maximum absolute atomic E-state index is 5.88. The van der Waals surface area contributed by atoms with E-state index in [1.54, 1.807) is 7.11 Å². The third-order valence-electron chi connectivity index (χ3n) is 4.02. The molecule has 1 heterocycles. The monoisotopic (exact) mass is 344 g/mol. The van der Waals surface area contributed by atoms with Gasteiger partial charge < -0.3 is 9.72 Å². The van der Waals surface area contributed by atoms with Crippen LogP contribution in [0.3, 0.4) is 0 Å². The Kier molecular flexibility index (Phi) is 5.15. The highest BCUT2D eigenvalue weighted by molar-refractivity contribution is 9.10. The van der Waals surface area contributed by atoms with Crippen LogP contribution < -0.4 is 0 Å². The van der Waals surface area contributed by atoms with E-state index in [1.165, 1.54) is 25.7 Å². The summed E-state index contributed by atoms with van der Waals surface area (Å²) in [6.45, 7) is 2.11. The molecule has 0 bridgehead atoms. The fourth-order valence-corrected chi connectivity index (χ4v) is 3.48. The van der Waals surface area contributed by atoms with Crippen molar-refractivity contribution in [3.63, 3.8) is 0 Å². The minimum Gasteiger partial charge on any atom is -0.370 e. The van der Waals surface area contributed by atoms with E-state index < -0.39 is 0 Å². The van der Waals surface area contributed by atoms with Crippen molar-refractivity contribution < 1.29 is 4.74 Å². The SMILES string of the molecule is CCc1[nH]c(C2(OC)CCCCCC2)nc(=S)c1Br. The lowest BCUT2D eigenvalue weighted by Crippen LogP contribution is -2.31. The lowest BCUT2D eigenvalue weighted by molar-refractivity contribution is -0.0354. The van der Waals surface area contributed by atoms with Gasteiger partial charge in [-0.15, -0.1) is 0 Å². The van der Waals surface area contributed by atoms with Gasteiger partial charge in [0.2, 0.25) is 0 Å². The van der Waals surface area contributed by atoms with Gasteiger partial charge in [0.1, 0.15) is 16.1 Å². The Morgan fingerprint density at radius 3 is 2.47 bits per heavy atom. The Labute approximate surface area is 128 Å². The van der Waals surface area contributed by atoms with Crippen molar-refractivity contribution in [2.45, 2.75) is 57.5 Å². The first kappa shape index (κ1) is 15.1. The molecule has 1 aliphatic carbocycles. The number of ether oxygens (including phenoxy) is 1. The van der Waals surface area contributed by atoms with E-state index in [0.29, 0.717) is 4.64 Å². The van der Waals surface area contributed by atoms with Crippen LogP contribution in [0.5, 0.6) is 0 Å². The molecule has 1 fully saturated rings. The maximum atomic E-state index is 5.88. The molecule has 0 unspecified atom stereocenters. The van der Waals surface area contributed by atoms with Crippen LogP contribution >= 0.6 is 28.1 Å². The number of hydrogen-bond donors (Lipinski definition) is 1. The highest BCUT2D eigenvalue weighted by atomic mass is 79.9. The molecule has 1 aliphatic rings. The lowest BCUT2D eigenvalue weighted by Gasteiger charge is -2.30. The van der Waals surface area contributed by atoms with Crippen LogP contribution in [0.15, 0.2) is 4.47 Å². The number of hydrogen-bond acceptors (Lipinski definition) is 3. The summed E-state index contributed by atoms with van der Waals surface area (Å²) in [4.78, 5) is 8.02. The van der Waals surface area contributed by atoms with E-state index in [2.05, 4.69) is 32.8 Å². The van der Waals surface area contributed by atoms with Crippen molar-refractivity contribution in [2.75, 3.05) is 7.11 Å². The summed E-state index contributed by atoms with van der Waals surface area (Å²) in [7, 11) is 1.79. The van der Waals surface area contributed by atoms with Crippen LogP contribution in [-0.4, -0.2) is 17.1 Å². The van der Waals surface area contributed by atoms with Gasteiger partial charge in [0.15, 0.2) is 0 Å². The molecule has 0 aromatic carbocycles. The highest BCUT2D eigenvalue weighted by Crippen LogP contribution is 2.37. The number of aromatic amines is 1. The first-order valence-corrected chi connectivity index (χ1v) is 8.17. The number of nitrogens with one attached hydrogen (secondary N) is 1. The van der Waals surface area contributed by atoms with E-state index in [0.717, 1.165) is 35.3 Å². The van der Waals surface area contributed by atoms with Gasteiger partial charge in [-0.3, -0.25) is 0 Å². The number of methoxy groups -OCH3 is 1. The zero-order chi connectivity index (χ0) is 13.9. The van der Waals surface area contributed by atoms with Crippen molar-refractivity contribution in [1.29, 1.82) is 0 Å². The highest BCUT2D eigenvalue weighted by Gasteiger charge is 2.35. The van der Waals surface area contributed by atoms with E-state index >= 15 is 0 Å². The molecule has 2 rings (SSSR count). The average molecular weight is 345 g/mol. The molecule has 5 heteroatoms. The van der Waals surface area contributed by atoms with E-state index in [-0.39, 0.29) is 5.60 Å². The maximum Gasteiger partial charge on any atom is 0.144 e. The summed E-state index contributed by atoms with van der Waals surface area (Å²) in [6.07, 6.45) is 7.88. The minimum atomic E-state index is -0.283. The molecule has 19 heavy (non-hydrogen) atoms. The van der Waals surface area contributed by atoms with Crippen molar-refractivity contribution >= 4 is 28.1 Å². The van der Waals surface area contributed by atoms with Crippen LogP contribution in [0, 0.1) is 4.64 Å². The van der Waals surface area contributed by atoms with E-state index in [9.17, 15) is 0 Å². The van der Waals surface area contributed by atoms with Crippen LogP contribution in [0.25, 0.3) is 0 Å². The fourth-order valence-electron chi connectivity index (χ4n) is 2.80. The second-order valence-electron chi connectivity index (χ2n) is 5.15. The molecule has 0 amide bonds. The third kappa shape index (κ3) is 3.09. The minimum absolute atomic E-state index is 0.283. The standard InChI is InChI=1S/C14H21BrN2OS/c1-3-10-11(15)12(19)17-13(16-10)14(18-2)8-6-4-5-7-9-14/h3-9H2,1-2H3,(H,16,17,19). The van der Waals surface area contributed by atoms with Crippen molar-refractivity contribution in [3.05, 3.63) is 20.6 Å². The largest absolute Gasteiger partial charge is 0.370 e. The zero-order valence-corrected chi connectivity index (χ0v) is 14.0. The van der Waals surface area contributed by atoms with Gasteiger partial charge >= 0.3 is 0 Å². The van der Waals surface area contributed by atoms with Crippen LogP contribution in [0.2, 0.25) is 0 Å². The first-order chi connectivity index (χ1) is 9.13. The molecular weight excluding hydrogens is 324 g/mol. The van der Waals surface area contributed by atoms with Crippen LogP contribution in [-0.2, 0) is 16.8 Å². The van der Waals surface area contributed by atoms with E-state index in [4.69, 9.17) is 17.0 Å². The molecule has 1 aromatic rings. The Morgan fingerprint density at radius 1 is 1.32 bits per heavy atom. The Morgan fingerprint density at radius 2 is 1.95 bits per heavy atom.